The summed E-state index contributed by atoms with van der Waals surface area (Å²) in [6, 6.07) is 0. The number of carbonyl (C=O) groups is 1. The average Bonchev–Trinajstić information content (AvgIpc) is 2.94. The first-order chi connectivity index (χ1) is 9.74. The van der Waals surface area contributed by atoms with Crippen molar-refractivity contribution >= 4 is 5.97 Å². The summed E-state index contributed by atoms with van der Waals surface area (Å²) >= 11 is 0. The van der Waals surface area contributed by atoms with Crippen molar-refractivity contribution in [3.8, 4) is 6.08 Å². The van der Waals surface area contributed by atoms with Crippen LogP contribution >= 0.6 is 0 Å². The normalized spacial score (nSPS) is 22.5. The Kier molecular flexibility index (Phi) is 5.40. The van der Waals surface area contributed by atoms with Gasteiger partial charge in [0.25, 0.3) is 0 Å². The van der Waals surface area contributed by atoms with Crippen LogP contribution in [0.1, 0.15) is 43.1 Å². The number of hydrogen-bond donors (Lipinski definition) is 1. The van der Waals surface area contributed by atoms with Crippen LogP contribution in [-0.4, -0.2) is 30.7 Å². The van der Waals surface area contributed by atoms with Crippen LogP contribution in [0, 0.1) is 11.8 Å². The van der Waals surface area contributed by atoms with Gasteiger partial charge in [0.15, 0.2) is 5.69 Å². The lowest BCUT2D eigenvalue weighted by Crippen LogP contribution is -2.30. The molecule has 1 fully saturated rings. The second-order valence-corrected chi connectivity index (χ2v) is 5.07. The third-order valence-corrected chi connectivity index (χ3v) is 3.76. The van der Waals surface area contributed by atoms with Gasteiger partial charge in [0.2, 0.25) is 0 Å². The van der Waals surface area contributed by atoms with E-state index in [1.807, 2.05) is 0 Å². The lowest BCUT2D eigenvalue weighted by Gasteiger charge is -2.29. The van der Waals surface area contributed by atoms with Gasteiger partial charge in [-0.15, -0.1) is 0 Å². The van der Waals surface area contributed by atoms with Crippen molar-refractivity contribution in [1.29, 1.82) is 0 Å². The van der Waals surface area contributed by atoms with E-state index < -0.39 is 5.97 Å². The molecule has 1 saturated carbocycles. The molecule has 0 spiro atoms. The van der Waals surface area contributed by atoms with Crippen LogP contribution in [0.15, 0.2) is 10.7 Å². The molecule has 2 N–H and O–H groups in total. The van der Waals surface area contributed by atoms with Crippen molar-refractivity contribution < 1.29 is 18.7 Å². The maximum Gasteiger partial charge on any atom is 0.394 e. The standard InChI is InChI=1S/C14H22N2O4/c1-2-18-13(17)12-9-20-14(16-12)19-8-11-6-4-3-5-10(11)7-15/h9-11H,2-8,15H2,1H3. The summed E-state index contributed by atoms with van der Waals surface area (Å²) < 4.78 is 15.5. The zero-order valence-electron chi connectivity index (χ0n) is 11.8. The zero-order chi connectivity index (χ0) is 14.4. The molecule has 1 heterocycles. The zero-order valence-corrected chi connectivity index (χ0v) is 11.8. The summed E-state index contributed by atoms with van der Waals surface area (Å²) in [5, 5.41) is 0. The van der Waals surface area contributed by atoms with E-state index in [2.05, 4.69) is 4.98 Å². The minimum atomic E-state index is -0.497. The first kappa shape index (κ1) is 14.8. The summed E-state index contributed by atoms with van der Waals surface area (Å²) in [6.07, 6.45) is 6.11. The topological polar surface area (TPSA) is 87.6 Å². The van der Waals surface area contributed by atoms with Gasteiger partial charge >= 0.3 is 12.0 Å². The highest BCUT2D eigenvalue weighted by Crippen LogP contribution is 2.29. The summed E-state index contributed by atoms with van der Waals surface area (Å²) in [6.45, 7) is 3.27. The molecule has 6 nitrogen and oxygen atoms in total. The minimum absolute atomic E-state index is 0.120. The van der Waals surface area contributed by atoms with E-state index >= 15 is 0 Å². The molecule has 112 valence electrons. The molecular weight excluding hydrogens is 260 g/mol. The maximum absolute atomic E-state index is 11.4. The van der Waals surface area contributed by atoms with Crippen molar-refractivity contribution in [3.05, 3.63) is 12.0 Å². The molecule has 20 heavy (non-hydrogen) atoms. The van der Waals surface area contributed by atoms with Crippen LogP contribution in [0.4, 0.5) is 0 Å². The van der Waals surface area contributed by atoms with Crippen LogP contribution in [0.2, 0.25) is 0 Å². The summed E-state index contributed by atoms with van der Waals surface area (Å²) in [7, 11) is 0. The van der Waals surface area contributed by atoms with Crippen LogP contribution < -0.4 is 10.5 Å². The number of nitrogens with zero attached hydrogens (tertiary/aromatic N) is 1. The quantitative estimate of drug-likeness (QED) is 0.803. The highest BCUT2D eigenvalue weighted by atomic mass is 16.6. The predicted octanol–water partition coefficient (Wildman–Crippen LogP) is 2.00. The van der Waals surface area contributed by atoms with Crippen molar-refractivity contribution in [2.45, 2.75) is 32.6 Å². The highest BCUT2D eigenvalue weighted by molar-refractivity contribution is 5.86. The number of carbonyl (C=O) groups excluding carboxylic acids is 1. The highest BCUT2D eigenvalue weighted by Gasteiger charge is 2.25. The SMILES string of the molecule is CCOC(=O)c1coc(OCC2CCCCC2CN)n1. The number of esters is 1. The number of ether oxygens (including phenoxy) is 2. The van der Waals surface area contributed by atoms with Crippen molar-refractivity contribution in [1.82, 2.24) is 4.98 Å². The second kappa shape index (κ2) is 7.28. The van der Waals surface area contributed by atoms with Crippen molar-refractivity contribution in [3.63, 3.8) is 0 Å². The van der Waals surface area contributed by atoms with Gasteiger partial charge < -0.3 is 19.6 Å². The Morgan fingerprint density at radius 1 is 1.45 bits per heavy atom. The Hall–Kier alpha value is -1.56. The van der Waals surface area contributed by atoms with Gasteiger partial charge in [-0.25, -0.2) is 4.79 Å². The number of hydrogen-bond acceptors (Lipinski definition) is 6. The fraction of sp³-hybridized carbons (Fsp3) is 0.714. The minimum Gasteiger partial charge on any atom is -0.461 e. The predicted molar refractivity (Wildman–Crippen MR) is 72.5 cm³/mol. The number of oxazole rings is 1. The van der Waals surface area contributed by atoms with Crippen LogP contribution in [-0.2, 0) is 4.74 Å². The molecule has 0 radical (unpaired) electrons. The molecule has 0 aromatic carbocycles. The van der Waals surface area contributed by atoms with Crippen molar-refractivity contribution in [2.24, 2.45) is 17.6 Å². The first-order valence-corrected chi connectivity index (χ1v) is 7.20. The van der Waals surface area contributed by atoms with Crippen molar-refractivity contribution in [2.75, 3.05) is 19.8 Å². The van der Waals surface area contributed by atoms with Gasteiger partial charge in [0, 0.05) is 0 Å². The van der Waals surface area contributed by atoms with E-state index in [0.717, 1.165) is 12.8 Å². The van der Waals surface area contributed by atoms with Crippen LogP contribution in [0.3, 0.4) is 0 Å². The Labute approximate surface area is 118 Å². The Balaban J connectivity index is 1.85. The number of aromatic nitrogens is 1. The molecule has 1 aromatic rings. The molecular formula is C14H22N2O4. The lowest BCUT2D eigenvalue weighted by atomic mass is 9.80. The van der Waals surface area contributed by atoms with E-state index in [9.17, 15) is 4.79 Å². The van der Waals surface area contributed by atoms with E-state index in [4.69, 9.17) is 19.6 Å². The fourth-order valence-electron chi connectivity index (χ4n) is 2.61. The Bertz CT molecular complexity index is 433. The Morgan fingerprint density at radius 3 is 2.90 bits per heavy atom. The van der Waals surface area contributed by atoms with Gasteiger partial charge in [-0.1, -0.05) is 12.8 Å². The monoisotopic (exact) mass is 282 g/mol. The molecule has 0 aliphatic heterocycles. The lowest BCUT2D eigenvalue weighted by molar-refractivity contribution is 0.0519. The van der Waals surface area contributed by atoms with Gasteiger partial charge in [-0.2, -0.15) is 4.98 Å². The second-order valence-electron chi connectivity index (χ2n) is 5.07. The third-order valence-electron chi connectivity index (χ3n) is 3.76. The average molecular weight is 282 g/mol. The molecule has 6 heteroatoms. The molecule has 1 aliphatic rings. The molecule has 1 aliphatic carbocycles. The van der Waals surface area contributed by atoms with Crippen LogP contribution in [0.25, 0.3) is 0 Å². The Morgan fingerprint density at radius 2 is 2.20 bits per heavy atom. The van der Waals surface area contributed by atoms with Gasteiger partial charge in [0.1, 0.15) is 6.26 Å². The van der Waals surface area contributed by atoms with E-state index in [1.165, 1.54) is 19.1 Å². The molecule has 0 amide bonds. The van der Waals surface area contributed by atoms with E-state index in [-0.39, 0.29) is 11.8 Å². The molecule has 2 rings (SSSR count). The van der Waals surface area contributed by atoms with E-state index in [1.54, 1.807) is 6.92 Å². The number of nitrogens with two attached hydrogens (primary N) is 1. The molecule has 2 atom stereocenters. The third kappa shape index (κ3) is 3.72. The van der Waals surface area contributed by atoms with Gasteiger partial charge in [-0.05, 0) is 38.1 Å². The smallest absolute Gasteiger partial charge is 0.394 e. The first-order valence-electron chi connectivity index (χ1n) is 7.20. The van der Waals surface area contributed by atoms with Crippen LogP contribution in [0.5, 0.6) is 6.08 Å². The summed E-state index contributed by atoms with van der Waals surface area (Å²) in [5.74, 6) is 0.443. The fourth-order valence-corrected chi connectivity index (χ4v) is 2.61. The van der Waals surface area contributed by atoms with Gasteiger partial charge in [-0.3, -0.25) is 0 Å². The number of rotatable bonds is 6. The van der Waals surface area contributed by atoms with Gasteiger partial charge in [0.05, 0.1) is 13.2 Å². The maximum atomic E-state index is 11.4. The van der Waals surface area contributed by atoms with E-state index in [0.29, 0.717) is 31.6 Å². The largest absolute Gasteiger partial charge is 0.461 e. The summed E-state index contributed by atoms with van der Waals surface area (Å²) in [5.41, 5.74) is 5.92. The molecule has 0 bridgehead atoms. The summed E-state index contributed by atoms with van der Waals surface area (Å²) in [4.78, 5) is 15.4. The molecule has 2 unspecified atom stereocenters. The molecule has 0 saturated heterocycles. The molecule has 1 aromatic heterocycles.